The van der Waals surface area contributed by atoms with E-state index in [1.807, 2.05) is 24.3 Å². The van der Waals surface area contributed by atoms with Crippen LogP contribution in [0.15, 0.2) is 24.3 Å². The molecule has 0 aromatic heterocycles. The zero-order valence-corrected chi connectivity index (χ0v) is 11.9. The van der Waals surface area contributed by atoms with E-state index in [2.05, 4.69) is 15.9 Å². The molecule has 0 amide bonds. The summed E-state index contributed by atoms with van der Waals surface area (Å²) in [5, 5.41) is 1.13. The predicted molar refractivity (Wildman–Crippen MR) is 77.8 cm³/mol. The molecule has 17 heavy (non-hydrogen) atoms. The van der Waals surface area contributed by atoms with Gasteiger partial charge in [-0.05, 0) is 37.1 Å². The molecule has 0 heterocycles. The molecule has 0 bridgehead atoms. The van der Waals surface area contributed by atoms with Crippen LogP contribution in [-0.2, 0) is 0 Å². The fraction of sp³-hybridized carbons (Fsp3) is 0.571. The van der Waals surface area contributed by atoms with Crippen LogP contribution in [0.25, 0.3) is 0 Å². The highest BCUT2D eigenvalue weighted by atomic mass is 79.9. The van der Waals surface area contributed by atoms with Crippen molar-refractivity contribution < 1.29 is 4.74 Å². The normalized spacial score (nSPS) is 10.4. The Hall–Kier alpha value is -0.700. The molecule has 0 unspecified atom stereocenters. The first-order valence-corrected chi connectivity index (χ1v) is 7.49. The predicted octanol–water partition coefficient (Wildman–Crippen LogP) is 4.38. The van der Waals surface area contributed by atoms with Gasteiger partial charge in [0.1, 0.15) is 5.75 Å². The first-order valence-electron chi connectivity index (χ1n) is 6.37. The number of alkyl halides is 1. The standard InChI is InChI=1S/C14H22BrNO/c15-11-5-3-1-2-4-6-12-17-14-9-7-13(16)8-10-14/h7-10H,1-6,11-12,16H2. The molecule has 0 aliphatic rings. The maximum Gasteiger partial charge on any atom is 0.119 e. The highest BCUT2D eigenvalue weighted by molar-refractivity contribution is 9.09. The van der Waals surface area contributed by atoms with Gasteiger partial charge < -0.3 is 10.5 Å². The van der Waals surface area contributed by atoms with Crippen LogP contribution in [0.5, 0.6) is 5.75 Å². The lowest BCUT2D eigenvalue weighted by Gasteiger charge is -2.06. The van der Waals surface area contributed by atoms with Gasteiger partial charge in [-0.15, -0.1) is 0 Å². The second kappa shape index (κ2) is 9.34. The molecule has 0 spiro atoms. The molecule has 1 rings (SSSR count). The summed E-state index contributed by atoms with van der Waals surface area (Å²) in [6, 6.07) is 7.59. The molecule has 0 aliphatic heterocycles. The quantitative estimate of drug-likeness (QED) is 0.417. The Morgan fingerprint density at radius 3 is 2.12 bits per heavy atom. The van der Waals surface area contributed by atoms with Gasteiger partial charge in [0.2, 0.25) is 0 Å². The van der Waals surface area contributed by atoms with E-state index in [0.29, 0.717) is 0 Å². The first-order chi connectivity index (χ1) is 8.33. The van der Waals surface area contributed by atoms with Crippen LogP contribution in [0.1, 0.15) is 38.5 Å². The van der Waals surface area contributed by atoms with E-state index in [9.17, 15) is 0 Å². The smallest absolute Gasteiger partial charge is 0.119 e. The molecule has 1 aromatic carbocycles. The van der Waals surface area contributed by atoms with Gasteiger partial charge in [0.25, 0.3) is 0 Å². The van der Waals surface area contributed by atoms with Gasteiger partial charge in [-0.2, -0.15) is 0 Å². The second-order valence-corrected chi connectivity index (χ2v) is 5.02. The molecule has 0 radical (unpaired) electrons. The van der Waals surface area contributed by atoms with Crippen molar-refractivity contribution in [1.29, 1.82) is 0 Å². The lowest BCUT2D eigenvalue weighted by Crippen LogP contribution is -1.97. The summed E-state index contributed by atoms with van der Waals surface area (Å²) in [5.74, 6) is 0.915. The third-order valence-electron chi connectivity index (χ3n) is 2.68. The maximum atomic E-state index is 5.63. The number of halogens is 1. The number of anilines is 1. The van der Waals surface area contributed by atoms with Gasteiger partial charge in [0.05, 0.1) is 6.61 Å². The number of unbranched alkanes of at least 4 members (excludes halogenated alkanes) is 5. The van der Waals surface area contributed by atoms with Crippen LogP contribution < -0.4 is 10.5 Å². The van der Waals surface area contributed by atoms with Gasteiger partial charge >= 0.3 is 0 Å². The minimum absolute atomic E-state index is 0.782. The van der Waals surface area contributed by atoms with Crippen molar-refractivity contribution in [2.45, 2.75) is 38.5 Å². The van der Waals surface area contributed by atoms with Gasteiger partial charge in [-0.25, -0.2) is 0 Å². The van der Waals surface area contributed by atoms with Crippen molar-refractivity contribution in [3.63, 3.8) is 0 Å². The monoisotopic (exact) mass is 299 g/mol. The van der Waals surface area contributed by atoms with Crippen molar-refractivity contribution in [3.8, 4) is 5.75 Å². The number of benzene rings is 1. The topological polar surface area (TPSA) is 35.2 Å². The molecule has 0 saturated heterocycles. The Balaban J connectivity index is 1.95. The van der Waals surface area contributed by atoms with Gasteiger partial charge in [-0.3, -0.25) is 0 Å². The van der Waals surface area contributed by atoms with Crippen LogP contribution in [0, 0.1) is 0 Å². The lowest BCUT2D eigenvalue weighted by molar-refractivity contribution is 0.304. The molecule has 0 aliphatic carbocycles. The third-order valence-corrected chi connectivity index (χ3v) is 3.24. The summed E-state index contributed by atoms with van der Waals surface area (Å²) in [6.45, 7) is 0.808. The van der Waals surface area contributed by atoms with Gasteiger partial charge in [0, 0.05) is 11.0 Å². The number of hydrogen-bond donors (Lipinski definition) is 1. The van der Waals surface area contributed by atoms with Crippen LogP contribution in [-0.4, -0.2) is 11.9 Å². The van der Waals surface area contributed by atoms with E-state index in [4.69, 9.17) is 10.5 Å². The minimum Gasteiger partial charge on any atom is -0.494 e. The fourth-order valence-electron chi connectivity index (χ4n) is 1.66. The number of nitrogens with two attached hydrogens (primary N) is 1. The molecule has 2 nitrogen and oxygen atoms in total. The third kappa shape index (κ3) is 7.27. The Kier molecular flexibility index (Phi) is 7.89. The Morgan fingerprint density at radius 1 is 0.882 bits per heavy atom. The number of rotatable bonds is 9. The number of hydrogen-bond acceptors (Lipinski definition) is 2. The highest BCUT2D eigenvalue weighted by Crippen LogP contribution is 2.14. The minimum atomic E-state index is 0.782. The maximum absolute atomic E-state index is 5.63. The van der Waals surface area contributed by atoms with Crippen LogP contribution in [0.3, 0.4) is 0 Å². The Morgan fingerprint density at radius 2 is 1.47 bits per heavy atom. The van der Waals surface area contributed by atoms with Crippen LogP contribution in [0.2, 0.25) is 0 Å². The van der Waals surface area contributed by atoms with Gasteiger partial charge in [-0.1, -0.05) is 41.6 Å². The fourth-order valence-corrected chi connectivity index (χ4v) is 2.05. The van der Waals surface area contributed by atoms with E-state index in [1.165, 1.54) is 32.1 Å². The molecule has 0 saturated carbocycles. The van der Waals surface area contributed by atoms with E-state index in [-0.39, 0.29) is 0 Å². The van der Waals surface area contributed by atoms with Crippen LogP contribution in [0.4, 0.5) is 5.69 Å². The Labute approximate surface area is 113 Å². The second-order valence-electron chi connectivity index (χ2n) is 4.23. The molecule has 0 atom stereocenters. The summed E-state index contributed by atoms with van der Waals surface area (Å²) in [4.78, 5) is 0. The van der Waals surface area contributed by atoms with Crippen molar-refractivity contribution in [3.05, 3.63) is 24.3 Å². The first kappa shape index (κ1) is 14.4. The average Bonchev–Trinajstić information content (AvgIpc) is 2.35. The Bertz CT molecular complexity index is 287. The van der Waals surface area contributed by atoms with Crippen molar-refractivity contribution in [2.24, 2.45) is 0 Å². The molecular weight excluding hydrogens is 278 g/mol. The summed E-state index contributed by atoms with van der Waals surface area (Å²) in [6.07, 6.45) is 7.69. The molecular formula is C14H22BrNO. The van der Waals surface area contributed by atoms with Gasteiger partial charge in [0.15, 0.2) is 0 Å². The molecule has 2 N–H and O–H groups in total. The lowest BCUT2D eigenvalue weighted by atomic mass is 10.1. The van der Waals surface area contributed by atoms with Crippen LogP contribution >= 0.6 is 15.9 Å². The van der Waals surface area contributed by atoms with E-state index < -0.39 is 0 Å². The molecule has 96 valence electrons. The van der Waals surface area contributed by atoms with E-state index in [0.717, 1.165) is 29.8 Å². The van der Waals surface area contributed by atoms with E-state index >= 15 is 0 Å². The zero-order chi connectivity index (χ0) is 12.3. The summed E-state index contributed by atoms with van der Waals surface area (Å²) in [5.41, 5.74) is 6.38. The number of ether oxygens (including phenoxy) is 1. The summed E-state index contributed by atoms with van der Waals surface area (Å²) in [7, 11) is 0. The highest BCUT2D eigenvalue weighted by Gasteiger charge is 1.94. The van der Waals surface area contributed by atoms with Crippen molar-refractivity contribution >= 4 is 21.6 Å². The molecule has 0 fully saturated rings. The largest absolute Gasteiger partial charge is 0.494 e. The average molecular weight is 300 g/mol. The zero-order valence-electron chi connectivity index (χ0n) is 10.3. The van der Waals surface area contributed by atoms with Crippen molar-refractivity contribution in [2.75, 3.05) is 17.7 Å². The summed E-state index contributed by atoms with van der Waals surface area (Å²) >= 11 is 3.45. The van der Waals surface area contributed by atoms with Crippen molar-refractivity contribution in [1.82, 2.24) is 0 Å². The number of nitrogen functional groups attached to an aromatic ring is 1. The summed E-state index contributed by atoms with van der Waals surface area (Å²) < 4.78 is 5.63. The van der Waals surface area contributed by atoms with E-state index in [1.54, 1.807) is 0 Å². The molecule has 1 aromatic rings. The molecule has 3 heteroatoms. The SMILES string of the molecule is Nc1ccc(OCCCCCCCCBr)cc1.